The van der Waals surface area contributed by atoms with E-state index in [-0.39, 0.29) is 0 Å². The van der Waals surface area contributed by atoms with E-state index in [0.29, 0.717) is 5.92 Å². The van der Waals surface area contributed by atoms with Crippen molar-refractivity contribution >= 4 is 17.3 Å². The number of hydrogen-bond acceptors (Lipinski definition) is 5. The van der Waals surface area contributed by atoms with Crippen molar-refractivity contribution in [2.24, 2.45) is 5.92 Å². The average Bonchev–Trinajstić information content (AvgIpc) is 3.05. The maximum absolute atomic E-state index is 4.62. The van der Waals surface area contributed by atoms with Gasteiger partial charge >= 0.3 is 0 Å². The van der Waals surface area contributed by atoms with Gasteiger partial charge in [-0.3, -0.25) is 0 Å². The van der Waals surface area contributed by atoms with Crippen LogP contribution < -0.4 is 10.6 Å². The lowest BCUT2D eigenvalue weighted by Crippen LogP contribution is -2.20. The molecular weight excluding hydrogens is 252 g/mol. The van der Waals surface area contributed by atoms with Crippen molar-refractivity contribution in [3.8, 4) is 0 Å². The Balaban J connectivity index is 1.76. The van der Waals surface area contributed by atoms with E-state index in [1.807, 2.05) is 16.8 Å². The summed E-state index contributed by atoms with van der Waals surface area (Å²) in [5.74, 6) is 2.44. The number of hydrogen-bond donors (Lipinski definition) is 2. The van der Waals surface area contributed by atoms with Crippen molar-refractivity contribution in [1.29, 1.82) is 0 Å². The third-order valence-electron chi connectivity index (χ3n) is 3.78. The summed E-state index contributed by atoms with van der Waals surface area (Å²) >= 11 is 0. The summed E-state index contributed by atoms with van der Waals surface area (Å²) in [6.07, 6.45) is 6.98. The third kappa shape index (κ3) is 2.70. The van der Waals surface area contributed by atoms with Gasteiger partial charge in [-0.25, -0.2) is 9.97 Å². The van der Waals surface area contributed by atoms with Crippen LogP contribution in [0.15, 0.2) is 18.6 Å². The molecule has 2 N–H and O–H groups in total. The molecule has 1 saturated heterocycles. The van der Waals surface area contributed by atoms with Gasteiger partial charge < -0.3 is 19.9 Å². The Bertz CT molecular complexity index is 578. The minimum Gasteiger partial charge on any atom is -0.369 e. The third-order valence-corrected chi connectivity index (χ3v) is 3.78. The molecule has 0 aromatic carbocycles. The fourth-order valence-electron chi connectivity index (χ4n) is 2.75. The van der Waals surface area contributed by atoms with Crippen LogP contribution in [-0.4, -0.2) is 52.5 Å². The molecule has 20 heavy (non-hydrogen) atoms. The molecule has 1 fully saturated rings. The Labute approximate surface area is 119 Å². The first-order chi connectivity index (χ1) is 9.76. The fourth-order valence-corrected chi connectivity index (χ4v) is 2.75. The van der Waals surface area contributed by atoms with Crippen LogP contribution >= 0.6 is 0 Å². The number of aromatic nitrogens is 3. The standard InChI is InChI=1S/C14H22N6/c1-3-15-12-10-20-7-5-16-14(20)13(18-12)17-8-11-4-6-19(2)9-11/h5,7,10-11,15H,3-4,6,8-9H2,1-2H3,(H,17,18). The van der Waals surface area contributed by atoms with Crippen molar-refractivity contribution in [3.05, 3.63) is 18.6 Å². The first-order valence-corrected chi connectivity index (χ1v) is 7.26. The smallest absolute Gasteiger partial charge is 0.180 e. The van der Waals surface area contributed by atoms with E-state index in [0.717, 1.165) is 36.9 Å². The minimum atomic E-state index is 0.694. The van der Waals surface area contributed by atoms with Crippen LogP contribution in [0.5, 0.6) is 0 Å². The van der Waals surface area contributed by atoms with E-state index < -0.39 is 0 Å². The number of nitrogens with one attached hydrogen (secondary N) is 2. The quantitative estimate of drug-likeness (QED) is 0.866. The average molecular weight is 274 g/mol. The highest BCUT2D eigenvalue weighted by atomic mass is 15.2. The number of rotatable bonds is 5. The highest BCUT2D eigenvalue weighted by molar-refractivity contribution is 5.65. The molecule has 1 aliphatic heterocycles. The van der Waals surface area contributed by atoms with Gasteiger partial charge in [0.1, 0.15) is 5.82 Å². The second-order valence-corrected chi connectivity index (χ2v) is 5.46. The second-order valence-electron chi connectivity index (χ2n) is 5.46. The summed E-state index contributed by atoms with van der Waals surface area (Å²) in [5.41, 5.74) is 0.887. The van der Waals surface area contributed by atoms with Gasteiger partial charge in [0.2, 0.25) is 0 Å². The van der Waals surface area contributed by atoms with Crippen LogP contribution in [0.3, 0.4) is 0 Å². The Hall–Kier alpha value is -1.82. The molecule has 0 saturated carbocycles. The monoisotopic (exact) mass is 274 g/mol. The normalized spacial score (nSPS) is 19.6. The van der Waals surface area contributed by atoms with E-state index in [9.17, 15) is 0 Å². The molecule has 6 nitrogen and oxygen atoms in total. The largest absolute Gasteiger partial charge is 0.369 e. The van der Waals surface area contributed by atoms with E-state index in [4.69, 9.17) is 0 Å². The van der Waals surface area contributed by atoms with Crippen molar-refractivity contribution < 1.29 is 0 Å². The maximum Gasteiger partial charge on any atom is 0.180 e. The molecule has 0 radical (unpaired) electrons. The SMILES string of the molecule is CCNc1cn2ccnc2c(NCC2CCN(C)C2)n1. The summed E-state index contributed by atoms with van der Waals surface area (Å²) in [7, 11) is 2.18. The molecule has 0 aliphatic carbocycles. The molecule has 6 heteroatoms. The second kappa shape index (κ2) is 5.66. The van der Waals surface area contributed by atoms with E-state index in [1.54, 1.807) is 6.20 Å². The van der Waals surface area contributed by atoms with Gasteiger partial charge in [-0.1, -0.05) is 0 Å². The first kappa shape index (κ1) is 13.2. The van der Waals surface area contributed by atoms with Crippen molar-refractivity contribution in [2.75, 3.05) is 43.9 Å². The molecule has 2 aromatic heterocycles. The van der Waals surface area contributed by atoms with Gasteiger partial charge in [-0.05, 0) is 32.9 Å². The molecule has 3 rings (SSSR count). The highest BCUT2D eigenvalue weighted by Gasteiger charge is 2.19. The van der Waals surface area contributed by atoms with Crippen LogP contribution in [-0.2, 0) is 0 Å². The number of likely N-dealkylation sites (tertiary alicyclic amines) is 1. The summed E-state index contributed by atoms with van der Waals surface area (Å²) < 4.78 is 2.01. The van der Waals surface area contributed by atoms with Gasteiger partial charge in [0.25, 0.3) is 0 Å². The van der Waals surface area contributed by atoms with E-state index in [2.05, 4.69) is 39.5 Å². The van der Waals surface area contributed by atoms with Crippen molar-refractivity contribution in [3.63, 3.8) is 0 Å². The molecule has 2 aromatic rings. The minimum absolute atomic E-state index is 0.694. The topological polar surface area (TPSA) is 57.5 Å². The van der Waals surface area contributed by atoms with E-state index in [1.165, 1.54) is 13.0 Å². The molecular formula is C14H22N6. The van der Waals surface area contributed by atoms with Crippen LogP contribution in [0.2, 0.25) is 0 Å². The molecule has 3 heterocycles. The van der Waals surface area contributed by atoms with Gasteiger partial charge in [0.15, 0.2) is 11.5 Å². The highest BCUT2D eigenvalue weighted by Crippen LogP contribution is 2.19. The Morgan fingerprint density at radius 2 is 2.30 bits per heavy atom. The van der Waals surface area contributed by atoms with Crippen molar-refractivity contribution in [1.82, 2.24) is 19.3 Å². The van der Waals surface area contributed by atoms with Crippen LogP contribution in [0.1, 0.15) is 13.3 Å². The molecule has 1 aliphatic rings. The summed E-state index contributed by atoms with van der Waals surface area (Å²) in [4.78, 5) is 11.4. The lowest BCUT2D eigenvalue weighted by Gasteiger charge is -2.14. The maximum atomic E-state index is 4.62. The summed E-state index contributed by atoms with van der Waals surface area (Å²) in [6.45, 7) is 6.23. The number of fused-ring (bicyclic) bond motifs is 1. The predicted octanol–water partition coefficient (Wildman–Crippen LogP) is 1.52. The molecule has 108 valence electrons. The number of anilines is 2. The Morgan fingerprint density at radius 3 is 3.05 bits per heavy atom. The predicted molar refractivity (Wildman–Crippen MR) is 81.2 cm³/mol. The zero-order chi connectivity index (χ0) is 13.9. The molecule has 0 bridgehead atoms. The van der Waals surface area contributed by atoms with Gasteiger partial charge in [0, 0.05) is 32.0 Å². The molecule has 1 atom stereocenters. The fraction of sp³-hybridized carbons (Fsp3) is 0.571. The van der Waals surface area contributed by atoms with Crippen LogP contribution in [0.25, 0.3) is 5.65 Å². The van der Waals surface area contributed by atoms with Gasteiger partial charge in [-0.2, -0.15) is 0 Å². The van der Waals surface area contributed by atoms with Gasteiger partial charge in [0.05, 0.1) is 6.20 Å². The van der Waals surface area contributed by atoms with E-state index >= 15 is 0 Å². The Kier molecular flexibility index (Phi) is 3.73. The first-order valence-electron chi connectivity index (χ1n) is 7.26. The molecule has 0 spiro atoms. The summed E-state index contributed by atoms with van der Waals surface area (Å²) in [6, 6.07) is 0. The summed E-state index contributed by atoms with van der Waals surface area (Å²) in [5, 5.41) is 6.73. The number of nitrogens with zero attached hydrogens (tertiary/aromatic N) is 4. The lowest BCUT2D eigenvalue weighted by atomic mass is 10.1. The van der Waals surface area contributed by atoms with Gasteiger partial charge in [-0.15, -0.1) is 0 Å². The zero-order valence-corrected chi connectivity index (χ0v) is 12.1. The van der Waals surface area contributed by atoms with Crippen LogP contribution in [0.4, 0.5) is 11.6 Å². The molecule has 1 unspecified atom stereocenters. The zero-order valence-electron chi connectivity index (χ0n) is 12.1. The Morgan fingerprint density at radius 1 is 1.40 bits per heavy atom. The number of imidazole rings is 1. The molecule has 0 amide bonds. The van der Waals surface area contributed by atoms with Crippen molar-refractivity contribution in [2.45, 2.75) is 13.3 Å². The van der Waals surface area contributed by atoms with Crippen LogP contribution in [0, 0.1) is 5.92 Å². The lowest BCUT2D eigenvalue weighted by molar-refractivity contribution is 0.399.